The minimum Gasteiger partial charge on any atom is -0.490 e. The van der Waals surface area contributed by atoms with Gasteiger partial charge in [-0.3, -0.25) is 10.1 Å². The molecule has 2 heterocycles. The average molecular weight is 308 g/mol. The van der Waals surface area contributed by atoms with Crippen molar-refractivity contribution in [3.8, 4) is 22.8 Å². The predicted octanol–water partition coefficient (Wildman–Crippen LogP) is 2.87. The van der Waals surface area contributed by atoms with Crippen molar-refractivity contribution >= 4 is 17.3 Å². The van der Waals surface area contributed by atoms with Crippen LogP contribution in [0.25, 0.3) is 11.3 Å². The molecule has 0 bridgehead atoms. The van der Waals surface area contributed by atoms with E-state index in [1.54, 1.807) is 18.2 Å². The normalized spacial score (nSPS) is 13.6. The van der Waals surface area contributed by atoms with Crippen LogP contribution >= 0.6 is 11.6 Å². The highest BCUT2D eigenvalue weighted by atomic mass is 35.5. The van der Waals surface area contributed by atoms with Crippen LogP contribution in [0.4, 0.5) is 5.69 Å². The molecule has 1 aromatic heterocycles. The summed E-state index contributed by atoms with van der Waals surface area (Å²) in [5.41, 5.74) is 0.347. The first-order valence-corrected chi connectivity index (χ1v) is 6.59. The monoisotopic (exact) mass is 307 g/mol. The first-order valence-electron chi connectivity index (χ1n) is 6.21. The average Bonchev–Trinajstić information content (AvgIpc) is 2.71. The number of hydrogen-bond acceptors (Lipinski definition) is 6. The fourth-order valence-corrected chi connectivity index (χ4v) is 2.24. The number of fused-ring (bicyclic) bond motifs is 1. The second kappa shape index (κ2) is 5.53. The highest BCUT2D eigenvalue weighted by Crippen LogP contribution is 2.37. The predicted molar refractivity (Wildman–Crippen MR) is 74.7 cm³/mol. The maximum Gasteiger partial charge on any atom is 0.332 e. The van der Waals surface area contributed by atoms with Gasteiger partial charge < -0.3 is 9.47 Å². The van der Waals surface area contributed by atoms with Crippen molar-refractivity contribution in [1.82, 2.24) is 9.97 Å². The molecule has 0 saturated heterocycles. The van der Waals surface area contributed by atoms with Crippen LogP contribution in [0, 0.1) is 10.1 Å². The molecule has 0 fully saturated rings. The molecule has 0 saturated carbocycles. The van der Waals surface area contributed by atoms with E-state index >= 15 is 0 Å². The summed E-state index contributed by atoms with van der Waals surface area (Å²) < 4.78 is 11.1. The Hall–Kier alpha value is -2.41. The van der Waals surface area contributed by atoms with E-state index in [-0.39, 0.29) is 16.5 Å². The number of rotatable bonds is 2. The van der Waals surface area contributed by atoms with Crippen molar-refractivity contribution in [2.24, 2.45) is 0 Å². The first kappa shape index (κ1) is 13.6. The summed E-state index contributed by atoms with van der Waals surface area (Å²) in [6.07, 6.45) is 1.97. The standard InChI is InChI=1S/C13H10ClN3O4/c14-13-12(17(18)19)11(15-7-16-13)8-2-3-9-10(6-8)21-5-1-4-20-9/h2-3,6-7H,1,4-5H2. The van der Waals surface area contributed by atoms with E-state index < -0.39 is 4.92 Å². The van der Waals surface area contributed by atoms with Crippen LogP contribution < -0.4 is 9.47 Å². The molecular weight excluding hydrogens is 298 g/mol. The molecule has 108 valence electrons. The third kappa shape index (κ3) is 2.59. The zero-order chi connectivity index (χ0) is 14.8. The number of aromatic nitrogens is 2. The smallest absolute Gasteiger partial charge is 0.332 e. The van der Waals surface area contributed by atoms with Gasteiger partial charge in [0.1, 0.15) is 6.33 Å². The van der Waals surface area contributed by atoms with E-state index in [0.717, 1.165) is 6.42 Å². The molecule has 1 aromatic carbocycles. The number of nitro groups is 1. The fourth-order valence-electron chi connectivity index (χ4n) is 2.04. The summed E-state index contributed by atoms with van der Waals surface area (Å²) in [6, 6.07) is 5.04. The Labute approximate surface area is 124 Å². The minimum absolute atomic E-state index is 0.149. The summed E-state index contributed by atoms with van der Waals surface area (Å²) in [4.78, 5) is 18.2. The lowest BCUT2D eigenvalue weighted by Gasteiger charge is -2.09. The van der Waals surface area contributed by atoms with Gasteiger partial charge in [0.05, 0.1) is 18.1 Å². The van der Waals surface area contributed by atoms with Gasteiger partial charge in [0, 0.05) is 12.0 Å². The molecule has 0 radical (unpaired) electrons. The Balaban J connectivity index is 2.11. The van der Waals surface area contributed by atoms with E-state index in [2.05, 4.69) is 9.97 Å². The van der Waals surface area contributed by atoms with Crippen molar-refractivity contribution in [1.29, 1.82) is 0 Å². The first-order chi connectivity index (χ1) is 10.2. The zero-order valence-electron chi connectivity index (χ0n) is 10.8. The zero-order valence-corrected chi connectivity index (χ0v) is 11.5. The number of halogens is 1. The molecule has 0 N–H and O–H groups in total. The van der Waals surface area contributed by atoms with E-state index in [0.29, 0.717) is 30.3 Å². The summed E-state index contributed by atoms with van der Waals surface area (Å²) in [5.74, 6) is 1.15. The summed E-state index contributed by atoms with van der Waals surface area (Å²) in [7, 11) is 0. The van der Waals surface area contributed by atoms with Crippen LogP contribution in [-0.2, 0) is 0 Å². The van der Waals surface area contributed by atoms with Gasteiger partial charge in [-0.1, -0.05) is 11.6 Å². The molecule has 1 aliphatic heterocycles. The summed E-state index contributed by atoms with van der Waals surface area (Å²) in [5, 5.41) is 10.9. The van der Waals surface area contributed by atoms with Gasteiger partial charge in [-0.15, -0.1) is 0 Å². The van der Waals surface area contributed by atoms with E-state index in [1.165, 1.54) is 6.33 Å². The molecule has 2 aromatic rings. The Morgan fingerprint density at radius 2 is 1.95 bits per heavy atom. The van der Waals surface area contributed by atoms with Gasteiger partial charge in [-0.2, -0.15) is 0 Å². The minimum atomic E-state index is -0.597. The molecule has 0 amide bonds. The number of ether oxygens (including phenoxy) is 2. The SMILES string of the molecule is O=[N+]([O-])c1c(Cl)ncnc1-c1ccc2c(c1)OCCCO2. The van der Waals surface area contributed by atoms with Crippen molar-refractivity contribution in [2.45, 2.75) is 6.42 Å². The van der Waals surface area contributed by atoms with Gasteiger partial charge in [-0.25, -0.2) is 9.97 Å². The quantitative estimate of drug-likeness (QED) is 0.481. The van der Waals surface area contributed by atoms with Gasteiger partial charge in [0.25, 0.3) is 0 Å². The Kier molecular flexibility index (Phi) is 3.57. The highest BCUT2D eigenvalue weighted by Gasteiger charge is 2.23. The van der Waals surface area contributed by atoms with Crippen molar-refractivity contribution in [2.75, 3.05) is 13.2 Å². The van der Waals surface area contributed by atoms with Crippen LogP contribution in [0.5, 0.6) is 11.5 Å². The molecular formula is C13H10ClN3O4. The summed E-state index contributed by atoms with van der Waals surface area (Å²) in [6.45, 7) is 1.11. The molecule has 0 spiro atoms. The van der Waals surface area contributed by atoms with Crippen molar-refractivity contribution < 1.29 is 14.4 Å². The van der Waals surface area contributed by atoms with Crippen LogP contribution in [0.15, 0.2) is 24.5 Å². The topological polar surface area (TPSA) is 87.4 Å². The third-order valence-corrected chi connectivity index (χ3v) is 3.26. The molecule has 21 heavy (non-hydrogen) atoms. The Bertz CT molecular complexity index is 708. The van der Waals surface area contributed by atoms with E-state index in [4.69, 9.17) is 21.1 Å². The van der Waals surface area contributed by atoms with E-state index in [9.17, 15) is 10.1 Å². The lowest BCUT2D eigenvalue weighted by molar-refractivity contribution is -0.384. The lowest BCUT2D eigenvalue weighted by Crippen LogP contribution is -1.98. The summed E-state index contributed by atoms with van der Waals surface area (Å²) >= 11 is 5.80. The molecule has 0 atom stereocenters. The molecule has 8 heteroatoms. The van der Waals surface area contributed by atoms with Crippen LogP contribution in [-0.4, -0.2) is 28.1 Å². The van der Waals surface area contributed by atoms with Crippen LogP contribution in [0.2, 0.25) is 5.15 Å². The number of benzene rings is 1. The second-order valence-corrected chi connectivity index (χ2v) is 4.69. The van der Waals surface area contributed by atoms with Gasteiger partial charge in [0.15, 0.2) is 17.2 Å². The highest BCUT2D eigenvalue weighted by molar-refractivity contribution is 6.31. The third-order valence-electron chi connectivity index (χ3n) is 2.98. The van der Waals surface area contributed by atoms with Gasteiger partial charge in [0.2, 0.25) is 5.15 Å². The van der Waals surface area contributed by atoms with Gasteiger partial charge in [-0.05, 0) is 18.2 Å². The molecule has 1 aliphatic rings. The number of hydrogen-bond donors (Lipinski definition) is 0. The molecule has 7 nitrogen and oxygen atoms in total. The molecule has 0 unspecified atom stereocenters. The van der Waals surface area contributed by atoms with Gasteiger partial charge >= 0.3 is 5.69 Å². The second-order valence-electron chi connectivity index (χ2n) is 4.33. The van der Waals surface area contributed by atoms with Crippen molar-refractivity contribution in [3.05, 3.63) is 39.8 Å². The van der Waals surface area contributed by atoms with Crippen LogP contribution in [0.3, 0.4) is 0 Å². The molecule has 3 rings (SSSR count). The van der Waals surface area contributed by atoms with Crippen LogP contribution in [0.1, 0.15) is 6.42 Å². The Morgan fingerprint density at radius 3 is 2.71 bits per heavy atom. The maximum atomic E-state index is 11.1. The largest absolute Gasteiger partial charge is 0.490 e. The number of nitrogens with zero attached hydrogens (tertiary/aromatic N) is 3. The van der Waals surface area contributed by atoms with E-state index in [1.807, 2.05) is 0 Å². The van der Waals surface area contributed by atoms with Crippen molar-refractivity contribution in [3.63, 3.8) is 0 Å². The lowest BCUT2D eigenvalue weighted by atomic mass is 10.1. The fraction of sp³-hybridized carbons (Fsp3) is 0.231. The Morgan fingerprint density at radius 1 is 1.19 bits per heavy atom. The maximum absolute atomic E-state index is 11.1. The molecule has 0 aliphatic carbocycles.